The van der Waals surface area contributed by atoms with Gasteiger partial charge in [0.1, 0.15) is 5.82 Å². The molecule has 1 atom stereocenters. The van der Waals surface area contributed by atoms with Crippen molar-refractivity contribution in [1.29, 1.82) is 0 Å². The first-order chi connectivity index (χ1) is 12.6. The van der Waals surface area contributed by atoms with Crippen LogP contribution in [0.25, 0.3) is 10.8 Å². The molecule has 2 aromatic carbocycles. The first-order valence-electron chi connectivity index (χ1n) is 9.31. The number of carbonyl (C=O) groups is 1. The van der Waals surface area contributed by atoms with Crippen LogP contribution in [0, 0.1) is 5.92 Å². The Morgan fingerprint density at radius 1 is 1.15 bits per heavy atom. The van der Waals surface area contributed by atoms with E-state index in [1.54, 1.807) is 0 Å². The Kier molecular flexibility index (Phi) is 4.45. The molecule has 1 aliphatic heterocycles. The number of benzene rings is 2. The number of nitrogens with one attached hydrogen (secondary N) is 1. The van der Waals surface area contributed by atoms with Crippen molar-refractivity contribution in [2.75, 3.05) is 0 Å². The molecule has 1 N–H and O–H groups in total. The predicted octanol–water partition coefficient (Wildman–Crippen LogP) is 3.43. The molecule has 4 rings (SSSR count). The number of fused-ring (bicyclic) bond motifs is 2. The van der Waals surface area contributed by atoms with E-state index in [2.05, 4.69) is 52.1 Å². The molecule has 0 spiro atoms. The Morgan fingerprint density at radius 2 is 1.96 bits per heavy atom. The summed E-state index contributed by atoms with van der Waals surface area (Å²) >= 11 is 0. The van der Waals surface area contributed by atoms with Gasteiger partial charge in [-0.15, -0.1) is 10.2 Å². The number of hydrogen-bond donors (Lipinski definition) is 1. The van der Waals surface area contributed by atoms with Crippen LogP contribution >= 0.6 is 0 Å². The Hall–Kier alpha value is -2.69. The fourth-order valence-corrected chi connectivity index (χ4v) is 3.78. The Balaban J connectivity index is 1.55. The van der Waals surface area contributed by atoms with E-state index in [0.29, 0.717) is 6.42 Å². The number of nitrogens with zero attached hydrogens (tertiary/aromatic N) is 3. The number of hydrogen-bond acceptors (Lipinski definition) is 3. The topological polar surface area (TPSA) is 59.8 Å². The maximum absolute atomic E-state index is 12.8. The highest BCUT2D eigenvalue weighted by Gasteiger charge is 2.27. The van der Waals surface area contributed by atoms with E-state index < -0.39 is 0 Å². The normalized spacial score (nSPS) is 14.6. The molecular formula is C21H24N4O. The van der Waals surface area contributed by atoms with Crippen LogP contribution in [-0.4, -0.2) is 20.7 Å². The third-order valence-electron chi connectivity index (χ3n) is 5.13. The van der Waals surface area contributed by atoms with E-state index in [1.807, 2.05) is 24.3 Å². The van der Waals surface area contributed by atoms with Crippen molar-refractivity contribution in [3.63, 3.8) is 0 Å². The third kappa shape index (κ3) is 3.09. The molecule has 1 aromatic heterocycles. The number of carbonyl (C=O) groups excluding carboxylic acids is 1. The highest BCUT2D eigenvalue weighted by Crippen LogP contribution is 2.25. The van der Waals surface area contributed by atoms with Crippen molar-refractivity contribution in [2.24, 2.45) is 5.92 Å². The quantitative estimate of drug-likeness (QED) is 0.768. The second kappa shape index (κ2) is 6.90. The second-order valence-corrected chi connectivity index (χ2v) is 7.33. The summed E-state index contributed by atoms with van der Waals surface area (Å²) in [7, 11) is 0. The summed E-state index contributed by atoms with van der Waals surface area (Å²) in [5.41, 5.74) is 1.05. The Labute approximate surface area is 153 Å². The summed E-state index contributed by atoms with van der Waals surface area (Å²) in [6.45, 7) is 5.17. The molecule has 5 nitrogen and oxygen atoms in total. The highest BCUT2D eigenvalue weighted by atomic mass is 16.1. The summed E-state index contributed by atoms with van der Waals surface area (Å²) in [6, 6.07) is 14.2. The molecular weight excluding hydrogens is 324 g/mol. The van der Waals surface area contributed by atoms with Gasteiger partial charge in [0.25, 0.3) is 0 Å². The molecule has 0 saturated carbocycles. The first-order valence-corrected chi connectivity index (χ1v) is 9.31. The lowest BCUT2D eigenvalue weighted by atomic mass is 10.0. The summed E-state index contributed by atoms with van der Waals surface area (Å²) in [5.74, 6) is 2.20. The zero-order valence-electron chi connectivity index (χ0n) is 15.3. The van der Waals surface area contributed by atoms with Crippen LogP contribution in [0.2, 0.25) is 0 Å². The standard InChI is InChI=1S/C21H24N4O/c1-14(2)20(21-24-23-18-11-6-12-25(18)21)22-19(26)13-16-9-5-8-15-7-3-4-10-17(15)16/h3-5,7-10,14,20H,6,11-13H2,1-2H3,(H,22,26)/t20-/m0/s1. The van der Waals surface area contributed by atoms with Crippen LogP contribution in [-0.2, 0) is 24.2 Å². The van der Waals surface area contributed by atoms with Crippen LogP contribution < -0.4 is 5.32 Å². The van der Waals surface area contributed by atoms with E-state index in [4.69, 9.17) is 0 Å². The van der Waals surface area contributed by atoms with E-state index in [1.165, 1.54) is 0 Å². The molecule has 0 fully saturated rings. The molecule has 0 bridgehead atoms. The van der Waals surface area contributed by atoms with Crippen LogP contribution in [0.5, 0.6) is 0 Å². The highest BCUT2D eigenvalue weighted by molar-refractivity contribution is 5.90. The van der Waals surface area contributed by atoms with Gasteiger partial charge in [-0.2, -0.15) is 0 Å². The number of amides is 1. The minimum atomic E-state index is -0.114. The van der Waals surface area contributed by atoms with Crippen molar-refractivity contribution in [2.45, 2.75) is 45.7 Å². The molecule has 3 aromatic rings. The fourth-order valence-electron chi connectivity index (χ4n) is 3.78. The molecule has 0 aliphatic carbocycles. The fraction of sp³-hybridized carbons (Fsp3) is 0.381. The lowest BCUT2D eigenvalue weighted by Crippen LogP contribution is -2.34. The van der Waals surface area contributed by atoms with E-state index in [9.17, 15) is 4.79 Å². The van der Waals surface area contributed by atoms with Crippen LogP contribution in [0.15, 0.2) is 42.5 Å². The molecule has 1 amide bonds. The van der Waals surface area contributed by atoms with Gasteiger partial charge in [-0.1, -0.05) is 56.3 Å². The molecule has 1 aliphatic rings. The average molecular weight is 348 g/mol. The average Bonchev–Trinajstić information content (AvgIpc) is 3.24. The molecule has 134 valence electrons. The number of aromatic nitrogens is 3. The molecule has 26 heavy (non-hydrogen) atoms. The smallest absolute Gasteiger partial charge is 0.225 e. The lowest BCUT2D eigenvalue weighted by Gasteiger charge is -2.22. The van der Waals surface area contributed by atoms with Crippen molar-refractivity contribution in [1.82, 2.24) is 20.1 Å². The maximum Gasteiger partial charge on any atom is 0.225 e. The van der Waals surface area contributed by atoms with Crippen LogP contribution in [0.1, 0.15) is 43.5 Å². The number of aryl methyl sites for hydroxylation is 1. The minimum Gasteiger partial charge on any atom is -0.346 e. The predicted molar refractivity (Wildman–Crippen MR) is 102 cm³/mol. The Bertz CT molecular complexity index is 939. The van der Waals surface area contributed by atoms with Crippen molar-refractivity contribution in [3.05, 3.63) is 59.7 Å². The summed E-state index contributed by atoms with van der Waals surface area (Å²) in [4.78, 5) is 12.8. The zero-order chi connectivity index (χ0) is 18.1. The van der Waals surface area contributed by atoms with E-state index in [-0.39, 0.29) is 17.9 Å². The van der Waals surface area contributed by atoms with Crippen LogP contribution in [0.3, 0.4) is 0 Å². The SMILES string of the molecule is CC(C)[C@H](NC(=O)Cc1cccc2ccccc12)c1nnc2n1CCC2. The van der Waals surface area contributed by atoms with Crippen molar-refractivity contribution in [3.8, 4) is 0 Å². The molecule has 2 heterocycles. The molecule has 0 saturated heterocycles. The monoisotopic (exact) mass is 348 g/mol. The largest absolute Gasteiger partial charge is 0.346 e. The molecule has 5 heteroatoms. The Morgan fingerprint density at radius 3 is 2.81 bits per heavy atom. The van der Waals surface area contributed by atoms with E-state index >= 15 is 0 Å². The van der Waals surface area contributed by atoms with Gasteiger partial charge in [0.05, 0.1) is 12.5 Å². The van der Waals surface area contributed by atoms with Gasteiger partial charge in [-0.05, 0) is 28.7 Å². The van der Waals surface area contributed by atoms with Gasteiger partial charge in [-0.25, -0.2) is 0 Å². The van der Waals surface area contributed by atoms with Gasteiger partial charge < -0.3 is 9.88 Å². The summed E-state index contributed by atoms with van der Waals surface area (Å²) in [6.07, 6.45) is 2.44. The van der Waals surface area contributed by atoms with Crippen LogP contribution in [0.4, 0.5) is 0 Å². The maximum atomic E-state index is 12.8. The van der Waals surface area contributed by atoms with Gasteiger partial charge in [-0.3, -0.25) is 4.79 Å². The zero-order valence-corrected chi connectivity index (χ0v) is 15.3. The van der Waals surface area contributed by atoms with Crippen molar-refractivity contribution < 1.29 is 4.79 Å². The molecule has 0 unspecified atom stereocenters. The third-order valence-corrected chi connectivity index (χ3v) is 5.13. The lowest BCUT2D eigenvalue weighted by molar-refractivity contribution is -0.121. The number of rotatable bonds is 5. The second-order valence-electron chi connectivity index (χ2n) is 7.33. The van der Waals surface area contributed by atoms with Gasteiger partial charge in [0.2, 0.25) is 5.91 Å². The molecule has 0 radical (unpaired) electrons. The summed E-state index contributed by atoms with van der Waals surface area (Å²) < 4.78 is 2.17. The van der Waals surface area contributed by atoms with Gasteiger partial charge >= 0.3 is 0 Å². The van der Waals surface area contributed by atoms with Crippen molar-refractivity contribution >= 4 is 16.7 Å². The van der Waals surface area contributed by atoms with Gasteiger partial charge in [0.15, 0.2) is 5.82 Å². The first kappa shape index (κ1) is 16.8. The van der Waals surface area contributed by atoms with Gasteiger partial charge in [0, 0.05) is 13.0 Å². The van der Waals surface area contributed by atoms with E-state index in [0.717, 1.165) is 47.4 Å². The minimum absolute atomic E-state index is 0.0235. The summed E-state index contributed by atoms with van der Waals surface area (Å²) in [5, 5.41) is 14.2.